The number of hydrogen-bond donors (Lipinski definition) is 0. The summed E-state index contributed by atoms with van der Waals surface area (Å²) >= 11 is 0. The molecule has 9 rings (SSSR count). The van der Waals surface area contributed by atoms with Crippen molar-refractivity contribution in [3.05, 3.63) is 169 Å². The molecule has 222 valence electrons. The Balaban J connectivity index is 1.24. The Morgan fingerprint density at radius 1 is 0.375 bits per heavy atom. The van der Waals surface area contributed by atoms with E-state index in [0.29, 0.717) is 11.1 Å². The molecule has 0 bridgehead atoms. The first-order valence-corrected chi connectivity index (χ1v) is 15.9. The van der Waals surface area contributed by atoms with E-state index in [1.807, 2.05) is 48.5 Å². The summed E-state index contributed by atoms with van der Waals surface area (Å²) in [6.07, 6.45) is 0. The molecule has 0 N–H and O–H groups in total. The molecule has 7 aromatic carbocycles. The van der Waals surface area contributed by atoms with Gasteiger partial charge < -0.3 is 9.13 Å². The molecule has 0 atom stereocenters. The second-order valence-electron chi connectivity index (χ2n) is 12.0. The Morgan fingerprint density at radius 2 is 0.875 bits per heavy atom. The highest BCUT2D eigenvalue weighted by molar-refractivity contribution is 6.11. The second-order valence-corrected chi connectivity index (χ2v) is 12.0. The average molecular weight is 611 g/mol. The lowest BCUT2D eigenvalue weighted by molar-refractivity contribution is 1.18. The minimum atomic E-state index is 0.573. The maximum absolute atomic E-state index is 9.99. The number of para-hydroxylation sites is 3. The van der Waals surface area contributed by atoms with Crippen LogP contribution in [0.25, 0.3) is 77.2 Å². The molecule has 0 aliphatic rings. The van der Waals surface area contributed by atoms with Crippen LogP contribution in [0.3, 0.4) is 0 Å². The summed E-state index contributed by atoms with van der Waals surface area (Å²) in [6.45, 7) is 0. The van der Waals surface area contributed by atoms with Crippen LogP contribution < -0.4 is 0 Å². The molecule has 0 spiro atoms. The molecule has 0 radical (unpaired) electrons. The minimum absolute atomic E-state index is 0.573. The molecule has 0 aliphatic carbocycles. The van der Waals surface area contributed by atoms with Gasteiger partial charge in [0.1, 0.15) is 0 Å². The summed E-state index contributed by atoms with van der Waals surface area (Å²) in [7, 11) is 0. The summed E-state index contributed by atoms with van der Waals surface area (Å²) in [4.78, 5) is 0. The highest BCUT2D eigenvalue weighted by Crippen LogP contribution is 2.41. The second kappa shape index (κ2) is 10.9. The molecule has 4 nitrogen and oxygen atoms in total. The van der Waals surface area contributed by atoms with Crippen LogP contribution in [-0.2, 0) is 0 Å². The summed E-state index contributed by atoms with van der Waals surface area (Å²) in [5, 5.41) is 24.4. The Kier molecular flexibility index (Phi) is 6.22. The molecule has 0 saturated heterocycles. The van der Waals surface area contributed by atoms with Crippen LogP contribution in [0, 0.1) is 22.7 Å². The fourth-order valence-corrected chi connectivity index (χ4v) is 7.27. The first-order valence-electron chi connectivity index (χ1n) is 15.9. The standard InChI is InChI=1S/C44H26N4/c45-27-29-17-23-38(43(25-29)48-42-16-8-5-13-37(42)39-24-18-30(28-46)26-44(39)48)34-10-2-1-9-33(34)31-19-21-32(22-20-31)47-40-14-6-3-11-35(40)36-12-4-7-15-41(36)47/h1-26H. The van der Waals surface area contributed by atoms with Crippen LogP contribution >= 0.6 is 0 Å². The summed E-state index contributed by atoms with van der Waals surface area (Å²) in [5.74, 6) is 0. The summed E-state index contributed by atoms with van der Waals surface area (Å²) in [6, 6.07) is 59.0. The van der Waals surface area contributed by atoms with Crippen LogP contribution in [0.5, 0.6) is 0 Å². The minimum Gasteiger partial charge on any atom is -0.309 e. The van der Waals surface area contributed by atoms with Crippen molar-refractivity contribution in [3.63, 3.8) is 0 Å². The Hall–Kier alpha value is -6.88. The van der Waals surface area contributed by atoms with E-state index in [4.69, 9.17) is 0 Å². The molecule has 0 saturated carbocycles. The molecule has 0 unspecified atom stereocenters. The quantitative estimate of drug-likeness (QED) is 0.199. The van der Waals surface area contributed by atoms with Crippen LogP contribution in [-0.4, -0.2) is 9.13 Å². The van der Waals surface area contributed by atoms with E-state index in [1.165, 1.54) is 21.8 Å². The maximum atomic E-state index is 9.99. The molecule has 4 heteroatoms. The van der Waals surface area contributed by atoms with Crippen molar-refractivity contribution < 1.29 is 0 Å². The number of aromatic nitrogens is 2. The van der Waals surface area contributed by atoms with Gasteiger partial charge in [0.2, 0.25) is 0 Å². The van der Waals surface area contributed by atoms with Gasteiger partial charge in [-0.15, -0.1) is 0 Å². The normalized spacial score (nSPS) is 11.3. The number of benzene rings is 7. The largest absolute Gasteiger partial charge is 0.309 e. The van der Waals surface area contributed by atoms with Crippen molar-refractivity contribution in [2.75, 3.05) is 0 Å². The maximum Gasteiger partial charge on any atom is 0.0992 e. The molecule has 2 heterocycles. The van der Waals surface area contributed by atoms with Crippen molar-refractivity contribution in [1.82, 2.24) is 9.13 Å². The van der Waals surface area contributed by atoms with Gasteiger partial charge in [-0.05, 0) is 71.3 Å². The predicted molar refractivity (Wildman–Crippen MR) is 195 cm³/mol. The molecular weight excluding hydrogens is 585 g/mol. The van der Waals surface area contributed by atoms with Gasteiger partial charge in [-0.2, -0.15) is 10.5 Å². The molecule has 9 aromatic rings. The van der Waals surface area contributed by atoms with Crippen molar-refractivity contribution in [2.24, 2.45) is 0 Å². The van der Waals surface area contributed by atoms with Gasteiger partial charge in [-0.3, -0.25) is 0 Å². The van der Waals surface area contributed by atoms with Crippen molar-refractivity contribution in [3.8, 4) is 45.8 Å². The third-order valence-electron chi connectivity index (χ3n) is 9.40. The highest BCUT2D eigenvalue weighted by atomic mass is 15.0. The van der Waals surface area contributed by atoms with Crippen LogP contribution in [0.4, 0.5) is 0 Å². The zero-order valence-electron chi connectivity index (χ0n) is 25.8. The van der Waals surface area contributed by atoms with E-state index < -0.39 is 0 Å². The summed E-state index contributed by atoms with van der Waals surface area (Å²) in [5.41, 5.74) is 11.7. The third kappa shape index (κ3) is 4.14. The van der Waals surface area contributed by atoms with Crippen LogP contribution in [0.15, 0.2) is 158 Å². The van der Waals surface area contributed by atoms with E-state index >= 15 is 0 Å². The van der Waals surface area contributed by atoms with Crippen molar-refractivity contribution >= 4 is 43.6 Å². The first-order chi connectivity index (χ1) is 23.7. The van der Waals surface area contributed by atoms with E-state index in [1.54, 1.807) is 0 Å². The van der Waals surface area contributed by atoms with Gasteiger partial charge >= 0.3 is 0 Å². The zero-order chi connectivity index (χ0) is 32.2. The number of nitrogens with zero attached hydrogens (tertiary/aromatic N) is 4. The van der Waals surface area contributed by atoms with Gasteiger partial charge in [0, 0.05) is 32.8 Å². The van der Waals surface area contributed by atoms with Crippen LogP contribution in [0.1, 0.15) is 11.1 Å². The number of rotatable bonds is 4. The fourth-order valence-electron chi connectivity index (χ4n) is 7.27. The molecule has 0 aliphatic heterocycles. The Labute approximate surface area is 277 Å². The lowest BCUT2D eigenvalue weighted by Gasteiger charge is -2.18. The lowest BCUT2D eigenvalue weighted by atomic mass is 9.92. The number of nitriles is 2. The predicted octanol–water partition coefficient (Wildman–Crippen LogP) is 11.0. The monoisotopic (exact) mass is 610 g/mol. The fraction of sp³-hybridized carbons (Fsp3) is 0. The topological polar surface area (TPSA) is 57.4 Å². The number of fused-ring (bicyclic) bond motifs is 6. The smallest absolute Gasteiger partial charge is 0.0992 e. The van der Waals surface area contributed by atoms with E-state index in [-0.39, 0.29) is 0 Å². The van der Waals surface area contributed by atoms with Gasteiger partial charge in [-0.1, -0.05) is 103 Å². The SMILES string of the molecule is N#Cc1ccc(-c2ccccc2-c2ccc(-n3c4ccccc4c4ccccc43)cc2)c(-n2c3ccccc3c3ccc(C#N)cc32)c1. The Bertz CT molecular complexity index is 2750. The van der Waals surface area contributed by atoms with Gasteiger partial charge in [0.05, 0.1) is 51.0 Å². The molecule has 0 amide bonds. The number of hydrogen-bond acceptors (Lipinski definition) is 2. The van der Waals surface area contributed by atoms with E-state index in [0.717, 1.165) is 55.4 Å². The highest BCUT2D eigenvalue weighted by Gasteiger charge is 2.19. The van der Waals surface area contributed by atoms with Gasteiger partial charge in [-0.25, -0.2) is 0 Å². The molecule has 0 fully saturated rings. The van der Waals surface area contributed by atoms with Gasteiger partial charge in [0.15, 0.2) is 0 Å². The van der Waals surface area contributed by atoms with Gasteiger partial charge in [0.25, 0.3) is 0 Å². The van der Waals surface area contributed by atoms with E-state index in [9.17, 15) is 10.5 Å². The zero-order valence-corrected chi connectivity index (χ0v) is 25.8. The lowest BCUT2D eigenvalue weighted by Crippen LogP contribution is -1.99. The van der Waals surface area contributed by atoms with Crippen molar-refractivity contribution in [1.29, 1.82) is 10.5 Å². The molecule has 48 heavy (non-hydrogen) atoms. The van der Waals surface area contributed by atoms with E-state index in [2.05, 4.69) is 130 Å². The average Bonchev–Trinajstić information content (AvgIpc) is 3.67. The first kappa shape index (κ1) is 27.4. The summed E-state index contributed by atoms with van der Waals surface area (Å²) < 4.78 is 4.53. The molecule has 2 aromatic heterocycles. The third-order valence-corrected chi connectivity index (χ3v) is 9.40. The van der Waals surface area contributed by atoms with Crippen molar-refractivity contribution in [2.45, 2.75) is 0 Å². The Morgan fingerprint density at radius 3 is 1.50 bits per heavy atom. The molecular formula is C44H26N4. The van der Waals surface area contributed by atoms with Crippen LogP contribution in [0.2, 0.25) is 0 Å².